The van der Waals surface area contributed by atoms with Crippen molar-refractivity contribution in [3.05, 3.63) is 29.3 Å². The van der Waals surface area contributed by atoms with E-state index in [0.29, 0.717) is 12.6 Å². The number of hydrogen-bond donors (Lipinski definition) is 3. The van der Waals surface area contributed by atoms with E-state index in [4.69, 9.17) is 5.11 Å². The maximum Gasteiger partial charge on any atom is 0.338 e. The Bertz CT molecular complexity index is 460. The summed E-state index contributed by atoms with van der Waals surface area (Å²) in [6.07, 6.45) is 2.06. The van der Waals surface area contributed by atoms with Gasteiger partial charge in [0.25, 0.3) is 0 Å². The highest BCUT2D eigenvalue weighted by atomic mass is 19.1. The van der Waals surface area contributed by atoms with Crippen LogP contribution < -0.4 is 10.6 Å². The Balaban J connectivity index is 2.11. The van der Waals surface area contributed by atoms with Crippen molar-refractivity contribution in [2.45, 2.75) is 18.9 Å². The van der Waals surface area contributed by atoms with Gasteiger partial charge in [-0.2, -0.15) is 0 Å². The van der Waals surface area contributed by atoms with E-state index < -0.39 is 23.2 Å². The van der Waals surface area contributed by atoms with Gasteiger partial charge < -0.3 is 15.7 Å². The van der Waals surface area contributed by atoms with Crippen LogP contribution in [-0.4, -0.2) is 30.2 Å². The van der Waals surface area contributed by atoms with E-state index >= 15 is 0 Å². The predicted octanol–water partition coefficient (Wildman–Crippen LogP) is 1.83. The molecule has 1 aliphatic rings. The van der Waals surface area contributed by atoms with E-state index in [1.54, 1.807) is 0 Å². The van der Waals surface area contributed by atoms with Gasteiger partial charge >= 0.3 is 5.97 Å². The van der Waals surface area contributed by atoms with Crippen molar-refractivity contribution < 1.29 is 18.7 Å². The van der Waals surface area contributed by atoms with Crippen LogP contribution in [0.1, 0.15) is 23.2 Å². The van der Waals surface area contributed by atoms with E-state index in [2.05, 4.69) is 10.6 Å². The second kappa shape index (κ2) is 5.30. The smallest absolute Gasteiger partial charge is 0.338 e. The molecule has 3 N–H and O–H groups in total. The molecule has 1 atom stereocenters. The normalized spacial score (nSPS) is 18.9. The molecule has 0 bridgehead atoms. The van der Waals surface area contributed by atoms with E-state index in [-0.39, 0.29) is 11.7 Å². The summed E-state index contributed by atoms with van der Waals surface area (Å²) in [5.41, 5.74) is -0.513. The summed E-state index contributed by atoms with van der Waals surface area (Å²) < 4.78 is 26.6. The van der Waals surface area contributed by atoms with Gasteiger partial charge in [0.05, 0.1) is 11.3 Å². The molecule has 1 unspecified atom stereocenters. The van der Waals surface area contributed by atoms with Crippen molar-refractivity contribution in [1.29, 1.82) is 0 Å². The van der Waals surface area contributed by atoms with Crippen molar-refractivity contribution in [2.75, 3.05) is 18.4 Å². The number of carboxylic acids is 1. The summed E-state index contributed by atoms with van der Waals surface area (Å²) in [5.74, 6) is -3.26. The SMILES string of the molecule is O=C(O)c1cc(NCC2CCCN2)c(F)cc1F. The molecule has 6 heteroatoms. The second-order valence-electron chi connectivity index (χ2n) is 4.29. The molecule has 1 heterocycles. The largest absolute Gasteiger partial charge is 0.478 e. The van der Waals surface area contributed by atoms with Crippen LogP contribution in [0.5, 0.6) is 0 Å². The van der Waals surface area contributed by atoms with Crippen molar-refractivity contribution >= 4 is 11.7 Å². The van der Waals surface area contributed by atoms with Gasteiger partial charge in [-0.1, -0.05) is 0 Å². The molecule has 1 aromatic rings. The first-order valence-electron chi connectivity index (χ1n) is 5.77. The number of anilines is 1. The maximum absolute atomic E-state index is 13.5. The van der Waals surface area contributed by atoms with E-state index in [1.165, 1.54) is 0 Å². The summed E-state index contributed by atoms with van der Waals surface area (Å²) in [4.78, 5) is 10.7. The standard InChI is InChI=1S/C12H14F2N2O2/c13-9-5-10(14)11(4-8(9)12(17)18)16-6-7-2-1-3-15-7/h4-5,7,15-16H,1-3,6H2,(H,17,18). The monoisotopic (exact) mass is 256 g/mol. The Kier molecular flexibility index (Phi) is 3.76. The first-order chi connectivity index (χ1) is 8.58. The Hall–Kier alpha value is -1.69. The van der Waals surface area contributed by atoms with Gasteiger partial charge in [-0.15, -0.1) is 0 Å². The Morgan fingerprint density at radius 3 is 2.83 bits per heavy atom. The molecule has 1 aliphatic heterocycles. The highest BCUT2D eigenvalue weighted by Gasteiger charge is 2.17. The minimum atomic E-state index is -1.41. The maximum atomic E-state index is 13.5. The van der Waals surface area contributed by atoms with Crippen molar-refractivity contribution in [3.63, 3.8) is 0 Å². The molecule has 4 nitrogen and oxygen atoms in total. The third-order valence-electron chi connectivity index (χ3n) is 2.99. The molecule has 1 saturated heterocycles. The quantitative estimate of drug-likeness (QED) is 0.769. The average molecular weight is 256 g/mol. The lowest BCUT2D eigenvalue weighted by atomic mass is 10.1. The van der Waals surface area contributed by atoms with Gasteiger partial charge in [-0.3, -0.25) is 0 Å². The van der Waals surface area contributed by atoms with Gasteiger partial charge in [-0.05, 0) is 25.5 Å². The van der Waals surface area contributed by atoms with Crippen molar-refractivity contribution in [3.8, 4) is 0 Å². The van der Waals surface area contributed by atoms with Crippen LogP contribution >= 0.6 is 0 Å². The minimum absolute atomic E-state index is 0.0162. The van der Waals surface area contributed by atoms with Crippen LogP contribution in [0.2, 0.25) is 0 Å². The summed E-state index contributed by atoms with van der Waals surface area (Å²) in [5, 5.41) is 14.8. The molecule has 0 spiro atoms. The third kappa shape index (κ3) is 2.76. The topological polar surface area (TPSA) is 61.4 Å². The molecule has 0 saturated carbocycles. The molecule has 1 fully saturated rings. The van der Waals surface area contributed by atoms with Crippen LogP contribution in [-0.2, 0) is 0 Å². The summed E-state index contributed by atoms with van der Waals surface area (Å²) in [7, 11) is 0. The number of benzene rings is 1. The first-order valence-corrected chi connectivity index (χ1v) is 5.77. The van der Waals surface area contributed by atoms with Gasteiger partial charge in [0.2, 0.25) is 0 Å². The van der Waals surface area contributed by atoms with Crippen LogP contribution in [0, 0.1) is 11.6 Å². The van der Waals surface area contributed by atoms with Gasteiger partial charge in [0, 0.05) is 18.7 Å². The second-order valence-corrected chi connectivity index (χ2v) is 4.29. The highest BCUT2D eigenvalue weighted by molar-refractivity contribution is 5.89. The fraction of sp³-hybridized carbons (Fsp3) is 0.417. The number of rotatable bonds is 4. The summed E-state index contributed by atoms with van der Waals surface area (Å²) in [6, 6.07) is 1.82. The zero-order valence-electron chi connectivity index (χ0n) is 9.67. The minimum Gasteiger partial charge on any atom is -0.478 e. The highest BCUT2D eigenvalue weighted by Crippen LogP contribution is 2.20. The summed E-state index contributed by atoms with van der Waals surface area (Å²) in [6.45, 7) is 1.42. The van der Waals surface area contributed by atoms with Gasteiger partial charge in [0.15, 0.2) is 0 Å². The number of halogens is 2. The Labute approximate surface area is 103 Å². The van der Waals surface area contributed by atoms with E-state index in [9.17, 15) is 13.6 Å². The van der Waals surface area contributed by atoms with Gasteiger partial charge in [-0.25, -0.2) is 13.6 Å². The molecule has 2 rings (SSSR count). The van der Waals surface area contributed by atoms with Crippen LogP contribution in [0.15, 0.2) is 12.1 Å². The lowest BCUT2D eigenvalue weighted by Crippen LogP contribution is -2.29. The number of nitrogens with one attached hydrogen (secondary N) is 2. The summed E-state index contributed by atoms with van der Waals surface area (Å²) >= 11 is 0. The van der Waals surface area contributed by atoms with Crippen LogP contribution in [0.25, 0.3) is 0 Å². The Morgan fingerprint density at radius 2 is 2.22 bits per heavy atom. The number of aromatic carboxylic acids is 1. The molecule has 98 valence electrons. The van der Waals surface area contributed by atoms with Crippen molar-refractivity contribution in [1.82, 2.24) is 5.32 Å². The lowest BCUT2D eigenvalue weighted by Gasteiger charge is -2.13. The van der Waals surface area contributed by atoms with Gasteiger partial charge in [0.1, 0.15) is 11.6 Å². The van der Waals surface area contributed by atoms with Crippen LogP contribution in [0.3, 0.4) is 0 Å². The van der Waals surface area contributed by atoms with E-state index in [1.807, 2.05) is 0 Å². The fourth-order valence-corrected chi connectivity index (χ4v) is 2.01. The van der Waals surface area contributed by atoms with E-state index in [0.717, 1.165) is 25.5 Å². The zero-order valence-corrected chi connectivity index (χ0v) is 9.67. The lowest BCUT2D eigenvalue weighted by molar-refractivity contribution is 0.0692. The number of carboxylic acid groups (broad SMARTS) is 1. The Morgan fingerprint density at radius 1 is 1.44 bits per heavy atom. The predicted molar refractivity (Wildman–Crippen MR) is 62.8 cm³/mol. The average Bonchev–Trinajstić information content (AvgIpc) is 2.80. The molecule has 18 heavy (non-hydrogen) atoms. The molecular formula is C12H14F2N2O2. The molecule has 0 amide bonds. The molecule has 0 aromatic heterocycles. The number of hydrogen-bond acceptors (Lipinski definition) is 3. The third-order valence-corrected chi connectivity index (χ3v) is 2.99. The van der Waals surface area contributed by atoms with Crippen molar-refractivity contribution in [2.24, 2.45) is 0 Å². The molecule has 0 aliphatic carbocycles. The first kappa shape index (κ1) is 12.8. The molecule has 0 radical (unpaired) electrons. The van der Waals surface area contributed by atoms with Crippen LogP contribution in [0.4, 0.5) is 14.5 Å². The zero-order chi connectivity index (χ0) is 13.1. The molecular weight excluding hydrogens is 242 g/mol. The molecule has 1 aromatic carbocycles. The number of carbonyl (C=O) groups is 1. The fourth-order valence-electron chi connectivity index (χ4n) is 2.01.